The van der Waals surface area contributed by atoms with Gasteiger partial charge in [-0.3, -0.25) is 4.90 Å². The van der Waals surface area contributed by atoms with Gasteiger partial charge in [0.2, 0.25) is 0 Å². The third-order valence-corrected chi connectivity index (χ3v) is 5.35. The fraction of sp³-hybridized carbons (Fsp3) is 0.706. The predicted molar refractivity (Wildman–Crippen MR) is 94.8 cm³/mol. The van der Waals surface area contributed by atoms with Crippen molar-refractivity contribution in [3.63, 3.8) is 0 Å². The lowest BCUT2D eigenvalue weighted by atomic mass is 10.0. The largest absolute Gasteiger partial charge is 0.394 e. The lowest BCUT2D eigenvalue weighted by molar-refractivity contribution is 0.181. The Hall–Kier alpha value is -1.11. The molecule has 2 heterocycles. The number of fused-ring (bicyclic) bond motifs is 1. The lowest BCUT2D eigenvalue weighted by Crippen LogP contribution is -2.49. The summed E-state index contributed by atoms with van der Waals surface area (Å²) in [5.41, 5.74) is 1.43. The van der Waals surface area contributed by atoms with Gasteiger partial charge in [-0.15, -0.1) is 11.3 Å². The summed E-state index contributed by atoms with van der Waals surface area (Å²) < 4.78 is 0. The van der Waals surface area contributed by atoms with Gasteiger partial charge < -0.3 is 15.7 Å². The third kappa shape index (κ3) is 5.48. The van der Waals surface area contributed by atoms with Gasteiger partial charge in [0.05, 0.1) is 12.6 Å². The zero-order chi connectivity index (χ0) is 16.8. The van der Waals surface area contributed by atoms with E-state index in [1.165, 1.54) is 10.4 Å². The first-order chi connectivity index (χ1) is 11.0. The van der Waals surface area contributed by atoms with Gasteiger partial charge in [-0.1, -0.05) is 13.8 Å². The highest BCUT2D eigenvalue weighted by atomic mass is 32.1. The van der Waals surface area contributed by atoms with E-state index in [4.69, 9.17) is 0 Å². The van der Waals surface area contributed by atoms with Crippen molar-refractivity contribution in [2.45, 2.75) is 52.2 Å². The molecule has 1 aromatic heterocycles. The Morgan fingerprint density at radius 1 is 1.43 bits per heavy atom. The molecule has 0 aromatic carbocycles. The van der Waals surface area contributed by atoms with Gasteiger partial charge in [0.1, 0.15) is 0 Å². The monoisotopic (exact) mass is 339 g/mol. The minimum Gasteiger partial charge on any atom is -0.394 e. The molecule has 0 saturated carbocycles. The van der Waals surface area contributed by atoms with Gasteiger partial charge in [-0.05, 0) is 42.7 Å². The number of carbonyl (C=O) groups is 1. The van der Waals surface area contributed by atoms with Crippen molar-refractivity contribution in [2.24, 2.45) is 5.92 Å². The first kappa shape index (κ1) is 18.2. The van der Waals surface area contributed by atoms with E-state index in [0.29, 0.717) is 18.5 Å². The van der Waals surface area contributed by atoms with E-state index >= 15 is 0 Å². The summed E-state index contributed by atoms with van der Waals surface area (Å²) in [4.78, 5) is 15.9. The molecule has 2 rings (SSSR count). The Bertz CT molecular complexity index is 504. The van der Waals surface area contributed by atoms with Crippen LogP contribution in [0.3, 0.4) is 0 Å². The van der Waals surface area contributed by atoms with Crippen LogP contribution in [0.1, 0.15) is 37.6 Å². The molecule has 2 atom stereocenters. The molecule has 5 nitrogen and oxygen atoms in total. The summed E-state index contributed by atoms with van der Waals surface area (Å²) in [6.45, 7) is 8.92. The normalized spacial score (nSPS) is 17.6. The smallest absolute Gasteiger partial charge is 0.315 e. The highest BCUT2D eigenvalue weighted by Crippen LogP contribution is 2.24. The van der Waals surface area contributed by atoms with E-state index in [2.05, 4.69) is 47.8 Å². The highest BCUT2D eigenvalue weighted by molar-refractivity contribution is 7.10. The van der Waals surface area contributed by atoms with Crippen LogP contribution in [-0.2, 0) is 13.0 Å². The number of carbonyl (C=O) groups excluding carboxylic acids is 1. The number of nitrogens with one attached hydrogen (secondary N) is 2. The summed E-state index contributed by atoms with van der Waals surface area (Å²) in [5.74, 6) is 0.444. The SMILES string of the molecule is CC(C)CC(CO)NC(=O)NCC(C)N1CCc2sccc2C1. The number of thiophene rings is 1. The fourth-order valence-corrected chi connectivity index (χ4v) is 3.89. The standard InChI is InChI=1S/C17H29N3O2S/c1-12(2)8-15(11-21)19-17(22)18-9-13(3)20-6-4-16-14(10-20)5-7-23-16/h5,7,12-13,15,21H,4,6,8-11H2,1-3H3,(H2,18,19,22). The van der Waals surface area contributed by atoms with E-state index in [1.54, 1.807) is 0 Å². The van der Waals surface area contributed by atoms with Crippen molar-refractivity contribution in [2.75, 3.05) is 19.7 Å². The van der Waals surface area contributed by atoms with Crippen LogP contribution in [0.15, 0.2) is 11.4 Å². The second-order valence-electron chi connectivity index (χ2n) is 6.80. The Balaban J connectivity index is 1.73. The van der Waals surface area contributed by atoms with Crippen LogP contribution in [0.4, 0.5) is 4.79 Å². The van der Waals surface area contributed by atoms with Crippen LogP contribution < -0.4 is 10.6 Å². The Morgan fingerprint density at radius 3 is 2.91 bits per heavy atom. The summed E-state index contributed by atoms with van der Waals surface area (Å²) >= 11 is 1.84. The molecular formula is C17H29N3O2S. The summed E-state index contributed by atoms with van der Waals surface area (Å²) in [6.07, 6.45) is 1.89. The summed E-state index contributed by atoms with van der Waals surface area (Å²) in [7, 11) is 0. The average Bonchev–Trinajstić information content (AvgIpc) is 2.98. The number of rotatable bonds is 7. The van der Waals surface area contributed by atoms with Crippen molar-refractivity contribution in [1.29, 1.82) is 0 Å². The Labute approximate surface area is 143 Å². The van der Waals surface area contributed by atoms with Crippen molar-refractivity contribution in [1.82, 2.24) is 15.5 Å². The number of aliphatic hydroxyl groups is 1. The molecule has 0 fully saturated rings. The molecule has 2 amide bonds. The maximum atomic E-state index is 12.0. The van der Waals surface area contributed by atoms with E-state index in [1.807, 2.05) is 11.3 Å². The van der Waals surface area contributed by atoms with Gasteiger partial charge in [0, 0.05) is 30.6 Å². The van der Waals surface area contributed by atoms with Crippen LogP contribution in [-0.4, -0.2) is 47.8 Å². The lowest BCUT2D eigenvalue weighted by Gasteiger charge is -2.32. The molecule has 6 heteroatoms. The van der Waals surface area contributed by atoms with Crippen molar-refractivity contribution in [3.05, 3.63) is 21.9 Å². The summed E-state index contributed by atoms with van der Waals surface area (Å²) in [5, 5.41) is 17.3. The number of urea groups is 1. The van der Waals surface area contributed by atoms with Crippen LogP contribution in [0, 0.1) is 5.92 Å². The molecule has 1 aliphatic heterocycles. The topological polar surface area (TPSA) is 64.6 Å². The first-order valence-electron chi connectivity index (χ1n) is 8.44. The van der Waals surface area contributed by atoms with Crippen molar-refractivity contribution < 1.29 is 9.90 Å². The van der Waals surface area contributed by atoms with E-state index in [0.717, 1.165) is 25.9 Å². The average molecular weight is 340 g/mol. The molecule has 3 N–H and O–H groups in total. The first-order valence-corrected chi connectivity index (χ1v) is 9.32. The molecule has 23 heavy (non-hydrogen) atoms. The van der Waals surface area contributed by atoms with E-state index < -0.39 is 0 Å². The van der Waals surface area contributed by atoms with Gasteiger partial charge in [0.15, 0.2) is 0 Å². The molecule has 1 aromatic rings. The molecule has 0 aliphatic carbocycles. The molecule has 0 saturated heterocycles. The predicted octanol–water partition coefficient (Wildman–Crippen LogP) is 2.20. The van der Waals surface area contributed by atoms with E-state index in [-0.39, 0.29) is 18.7 Å². The van der Waals surface area contributed by atoms with Gasteiger partial charge in [-0.2, -0.15) is 0 Å². The minimum absolute atomic E-state index is 0.0196. The van der Waals surface area contributed by atoms with Crippen molar-refractivity contribution in [3.8, 4) is 0 Å². The number of nitrogens with zero attached hydrogens (tertiary/aromatic N) is 1. The third-order valence-electron chi connectivity index (χ3n) is 4.33. The van der Waals surface area contributed by atoms with Gasteiger partial charge in [-0.25, -0.2) is 4.79 Å². The second-order valence-corrected chi connectivity index (χ2v) is 7.80. The molecule has 1 aliphatic rings. The number of aliphatic hydroxyl groups excluding tert-OH is 1. The zero-order valence-electron chi connectivity index (χ0n) is 14.3. The molecule has 0 spiro atoms. The maximum Gasteiger partial charge on any atom is 0.315 e. The van der Waals surface area contributed by atoms with Gasteiger partial charge >= 0.3 is 6.03 Å². The highest BCUT2D eigenvalue weighted by Gasteiger charge is 2.22. The molecular weight excluding hydrogens is 310 g/mol. The quantitative estimate of drug-likeness (QED) is 0.713. The van der Waals surface area contributed by atoms with Gasteiger partial charge in [0.25, 0.3) is 0 Å². The number of hydrogen-bond donors (Lipinski definition) is 3. The maximum absolute atomic E-state index is 12.0. The second kappa shape index (κ2) is 8.66. The molecule has 0 bridgehead atoms. The Morgan fingerprint density at radius 2 is 2.22 bits per heavy atom. The number of hydrogen-bond acceptors (Lipinski definition) is 4. The molecule has 0 radical (unpaired) electrons. The molecule has 130 valence electrons. The van der Waals surface area contributed by atoms with Crippen LogP contribution >= 0.6 is 11.3 Å². The van der Waals surface area contributed by atoms with Crippen LogP contribution in [0.5, 0.6) is 0 Å². The molecule has 2 unspecified atom stereocenters. The summed E-state index contributed by atoms with van der Waals surface area (Å²) in [6, 6.07) is 2.14. The zero-order valence-corrected chi connectivity index (χ0v) is 15.2. The van der Waals surface area contributed by atoms with Crippen LogP contribution in [0.2, 0.25) is 0 Å². The van der Waals surface area contributed by atoms with Crippen molar-refractivity contribution >= 4 is 17.4 Å². The minimum atomic E-state index is -0.190. The van der Waals surface area contributed by atoms with E-state index in [9.17, 15) is 9.90 Å². The number of amides is 2. The fourth-order valence-electron chi connectivity index (χ4n) is 3.00. The van der Waals surface area contributed by atoms with Crippen LogP contribution in [0.25, 0.3) is 0 Å². The Kier molecular flexibility index (Phi) is 6.87.